The van der Waals surface area contributed by atoms with Crippen LogP contribution in [0.4, 0.5) is 0 Å². The van der Waals surface area contributed by atoms with Gasteiger partial charge in [0.1, 0.15) is 11.3 Å². The Bertz CT molecular complexity index is 585. The van der Waals surface area contributed by atoms with Crippen LogP contribution in [0.3, 0.4) is 0 Å². The molecule has 1 rings (SSSR count). The molecule has 0 spiro atoms. The summed E-state index contributed by atoms with van der Waals surface area (Å²) in [6.07, 6.45) is 1.53. The molecule has 1 aliphatic carbocycles. The van der Waals surface area contributed by atoms with Crippen LogP contribution in [0.1, 0.15) is 73.6 Å². The average Bonchev–Trinajstić information content (AvgIpc) is 2.50. The Morgan fingerprint density at radius 2 is 1.54 bits per heavy atom. The standard InChI is InChI=1S/C21H34O5/c1-12(2)7-8-15-18(23)17(16(22)11-14(5)6)20(25)21(26,19(15)24)10-9-13(3)4/h12-15,25-26H,7-11H2,1-6H3/t15-,21-/m0/s1. The van der Waals surface area contributed by atoms with Crippen molar-refractivity contribution >= 4 is 17.3 Å². The fourth-order valence-corrected chi connectivity index (χ4v) is 3.27. The summed E-state index contributed by atoms with van der Waals surface area (Å²) in [6.45, 7) is 11.6. The number of ketones is 3. The molecule has 0 radical (unpaired) electrons. The summed E-state index contributed by atoms with van der Waals surface area (Å²) in [5, 5.41) is 21.6. The monoisotopic (exact) mass is 366 g/mol. The van der Waals surface area contributed by atoms with Crippen molar-refractivity contribution in [1.82, 2.24) is 0 Å². The molecular formula is C21H34O5. The lowest BCUT2D eigenvalue weighted by molar-refractivity contribution is -0.149. The van der Waals surface area contributed by atoms with E-state index in [1.165, 1.54) is 0 Å². The first kappa shape index (κ1) is 22.6. The van der Waals surface area contributed by atoms with Gasteiger partial charge in [0.2, 0.25) is 0 Å². The summed E-state index contributed by atoms with van der Waals surface area (Å²) >= 11 is 0. The van der Waals surface area contributed by atoms with Crippen molar-refractivity contribution in [1.29, 1.82) is 0 Å². The Labute approximate surface area is 156 Å². The van der Waals surface area contributed by atoms with E-state index in [1.54, 1.807) is 0 Å². The van der Waals surface area contributed by atoms with E-state index in [0.29, 0.717) is 12.8 Å². The van der Waals surface area contributed by atoms with E-state index in [-0.39, 0.29) is 42.6 Å². The van der Waals surface area contributed by atoms with Crippen LogP contribution in [0, 0.1) is 23.7 Å². The summed E-state index contributed by atoms with van der Waals surface area (Å²) in [4.78, 5) is 38.3. The van der Waals surface area contributed by atoms with E-state index in [9.17, 15) is 24.6 Å². The first-order valence-corrected chi connectivity index (χ1v) is 9.69. The molecule has 0 bridgehead atoms. The number of aliphatic hydroxyl groups excluding tert-OH is 1. The molecule has 5 heteroatoms. The number of rotatable bonds is 9. The van der Waals surface area contributed by atoms with Gasteiger partial charge in [-0.05, 0) is 43.4 Å². The zero-order chi connectivity index (χ0) is 20.2. The summed E-state index contributed by atoms with van der Waals surface area (Å²) in [7, 11) is 0. The number of aliphatic hydroxyl groups is 2. The lowest BCUT2D eigenvalue weighted by Gasteiger charge is -2.35. The highest BCUT2D eigenvalue weighted by molar-refractivity contribution is 6.29. The van der Waals surface area contributed by atoms with Crippen molar-refractivity contribution in [2.45, 2.75) is 79.2 Å². The molecule has 0 amide bonds. The second-order valence-electron chi connectivity index (χ2n) is 8.79. The molecule has 2 atom stereocenters. The molecule has 0 aromatic rings. The molecule has 0 saturated carbocycles. The van der Waals surface area contributed by atoms with Gasteiger partial charge in [-0.1, -0.05) is 41.5 Å². The largest absolute Gasteiger partial charge is 0.508 e. The smallest absolute Gasteiger partial charge is 0.182 e. The van der Waals surface area contributed by atoms with Crippen molar-refractivity contribution in [3.8, 4) is 0 Å². The lowest BCUT2D eigenvalue weighted by Crippen LogP contribution is -2.53. The zero-order valence-electron chi connectivity index (χ0n) is 17.0. The first-order valence-electron chi connectivity index (χ1n) is 9.69. The molecule has 0 aromatic carbocycles. The van der Waals surface area contributed by atoms with Crippen molar-refractivity contribution < 1.29 is 24.6 Å². The molecule has 0 unspecified atom stereocenters. The molecule has 1 aliphatic rings. The number of allylic oxidation sites excluding steroid dienone is 1. The predicted octanol–water partition coefficient (Wildman–Crippen LogP) is 3.79. The predicted molar refractivity (Wildman–Crippen MR) is 101 cm³/mol. The van der Waals surface area contributed by atoms with Gasteiger partial charge in [0.05, 0.1) is 5.92 Å². The quantitative estimate of drug-likeness (QED) is 0.478. The molecule has 0 aromatic heterocycles. The van der Waals surface area contributed by atoms with Crippen LogP contribution >= 0.6 is 0 Å². The summed E-state index contributed by atoms with van der Waals surface area (Å²) < 4.78 is 0. The fraction of sp³-hybridized carbons (Fsp3) is 0.762. The topological polar surface area (TPSA) is 91.7 Å². The molecule has 26 heavy (non-hydrogen) atoms. The van der Waals surface area contributed by atoms with Gasteiger partial charge in [-0.15, -0.1) is 0 Å². The van der Waals surface area contributed by atoms with Crippen LogP contribution < -0.4 is 0 Å². The van der Waals surface area contributed by atoms with E-state index in [4.69, 9.17) is 0 Å². The first-order chi connectivity index (χ1) is 11.9. The van der Waals surface area contributed by atoms with Crippen LogP contribution in [-0.2, 0) is 14.4 Å². The second kappa shape index (κ2) is 8.94. The highest BCUT2D eigenvalue weighted by atomic mass is 16.3. The van der Waals surface area contributed by atoms with Crippen molar-refractivity contribution in [2.24, 2.45) is 23.7 Å². The lowest BCUT2D eigenvalue weighted by atomic mass is 9.70. The Hall–Kier alpha value is -1.49. The van der Waals surface area contributed by atoms with Gasteiger partial charge >= 0.3 is 0 Å². The summed E-state index contributed by atoms with van der Waals surface area (Å²) in [5.74, 6) is -3.08. The molecule has 0 heterocycles. The SMILES string of the molecule is CC(C)CC[C@H]1C(=O)C(C(=O)CC(C)C)=C(O)[C@](O)(CCC(C)C)C1=O. The molecule has 0 fully saturated rings. The molecule has 2 N–H and O–H groups in total. The van der Waals surface area contributed by atoms with Gasteiger partial charge in [-0.2, -0.15) is 0 Å². The normalized spacial score (nSPS) is 24.3. The molecule has 0 aliphatic heterocycles. The number of hydrogen-bond acceptors (Lipinski definition) is 5. The maximum atomic E-state index is 12.9. The number of carbonyl (C=O) groups excluding carboxylic acids is 3. The highest BCUT2D eigenvalue weighted by Crippen LogP contribution is 2.38. The minimum atomic E-state index is -2.14. The second-order valence-corrected chi connectivity index (χ2v) is 8.79. The van der Waals surface area contributed by atoms with E-state index in [1.807, 2.05) is 41.5 Å². The Balaban J connectivity index is 3.36. The maximum absolute atomic E-state index is 12.9. The van der Waals surface area contributed by atoms with Gasteiger partial charge in [0.25, 0.3) is 0 Å². The van der Waals surface area contributed by atoms with Gasteiger partial charge < -0.3 is 10.2 Å². The van der Waals surface area contributed by atoms with Crippen LogP contribution in [0.15, 0.2) is 11.3 Å². The van der Waals surface area contributed by atoms with Crippen LogP contribution in [0.25, 0.3) is 0 Å². The van der Waals surface area contributed by atoms with E-state index in [2.05, 4.69) is 0 Å². The maximum Gasteiger partial charge on any atom is 0.182 e. The number of carbonyl (C=O) groups is 3. The van der Waals surface area contributed by atoms with E-state index in [0.717, 1.165) is 0 Å². The summed E-state index contributed by atoms with van der Waals surface area (Å²) in [5.41, 5.74) is -2.50. The molecule has 148 valence electrons. The third-order valence-corrected chi connectivity index (χ3v) is 4.90. The number of hydrogen-bond donors (Lipinski definition) is 2. The minimum absolute atomic E-state index is 0.00565. The Kier molecular flexibility index (Phi) is 7.75. The third-order valence-electron chi connectivity index (χ3n) is 4.90. The van der Waals surface area contributed by atoms with E-state index < -0.39 is 34.6 Å². The van der Waals surface area contributed by atoms with Crippen molar-refractivity contribution in [3.05, 3.63) is 11.3 Å². The van der Waals surface area contributed by atoms with E-state index >= 15 is 0 Å². The van der Waals surface area contributed by atoms with Crippen LogP contribution in [0.5, 0.6) is 0 Å². The summed E-state index contributed by atoms with van der Waals surface area (Å²) in [6, 6.07) is 0. The Morgan fingerprint density at radius 1 is 1.00 bits per heavy atom. The van der Waals surface area contributed by atoms with Gasteiger partial charge in [-0.3, -0.25) is 14.4 Å². The van der Waals surface area contributed by atoms with Gasteiger partial charge in [-0.25, -0.2) is 0 Å². The highest BCUT2D eigenvalue weighted by Gasteiger charge is 2.53. The average molecular weight is 366 g/mol. The van der Waals surface area contributed by atoms with Crippen LogP contribution in [-0.4, -0.2) is 33.2 Å². The van der Waals surface area contributed by atoms with Crippen molar-refractivity contribution in [2.75, 3.05) is 0 Å². The Morgan fingerprint density at radius 3 is 2.00 bits per heavy atom. The van der Waals surface area contributed by atoms with Gasteiger partial charge in [0.15, 0.2) is 23.0 Å². The molecular weight excluding hydrogens is 332 g/mol. The molecule has 5 nitrogen and oxygen atoms in total. The zero-order valence-corrected chi connectivity index (χ0v) is 17.0. The van der Waals surface area contributed by atoms with Gasteiger partial charge in [0, 0.05) is 6.42 Å². The third kappa shape index (κ3) is 5.03. The minimum Gasteiger partial charge on any atom is -0.508 e. The molecule has 0 saturated heterocycles. The fourth-order valence-electron chi connectivity index (χ4n) is 3.27. The van der Waals surface area contributed by atoms with Crippen LogP contribution in [0.2, 0.25) is 0 Å². The number of Topliss-reactive ketones (excluding diaryl/α,β-unsaturated/α-hetero) is 3. The van der Waals surface area contributed by atoms with Crippen molar-refractivity contribution in [3.63, 3.8) is 0 Å².